The number of benzene rings is 1. The molecule has 1 rings (SSSR count). The normalized spacial score (nSPS) is 13.8. The Balaban J connectivity index is 2.57. The van der Waals surface area contributed by atoms with Crippen molar-refractivity contribution in [1.82, 2.24) is 0 Å². The van der Waals surface area contributed by atoms with Crippen molar-refractivity contribution in [3.63, 3.8) is 0 Å². The van der Waals surface area contributed by atoms with Crippen molar-refractivity contribution in [2.75, 3.05) is 33.5 Å². The summed E-state index contributed by atoms with van der Waals surface area (Å²) in [6, 6.07) is 7.33. The molecule has 0 heterocycles. The van der Waals surface area contributed by atoms with Crippen molar-refractivity contribution < 1.29 is 19.0 Å². The maximum Gasteiger partial charge on any atom is 0.338 e. The molecule has 0 amide bonds. The van der Waals surface area contributed by atoms with Crippen molar-refractivity contribution in [2.45, 2.75) is 20.8 Å². The van der Waals surface area contributed by atoms with Crippen LogP contribution in [-0.4, -0.2) is 39.5 Å². The Labute approximate surface area is 121 Å². The molecule has 0 radical (unpaired) electrons. The predicted molar refractivity (Wildman–Crippen MR) is 77.9 cm³/mol. The average molecular weight is 280 g/mol. The van der Waals surface area contributed by atoms with E-state index in [1.165, 1.54) is 0 Å². The van der Waals surface area contributed by atoms with E-state index in [-0.39, 0.29) is 18.0 Å². The highest BCUT2D eigenvalue weighted by Gasteiger charge is 2.27. The third-order valence-corrected chi connectivity index (χ3v) is 2.99. The molecule has 0 aliphatic carbocycles. The molecule has 0 aliphatic rings. The molecule has 0 N–H and O–H groups in total. The van der Waals surface area contributed by atoms with Crippen LogP contribution >= 0.6 is 0 Å². The zero-order valence-corrected chi connectivity index (χ0v) is 12.8. The SMILES string of the molecule is CCOCC(C)(COC)COC(=O)c1ccc(C)cc1. The second-order valence-electron chi connectivity index (χ2n) is 5.32. The van der Waals surface area contributed by atoms with Gasteiger partial charge < -0.3 is 14.2 Å². The largest absolute Gasteiger partial charge is 0.461 e. The second-order valence-corrected chi connectivity index (χ2v) is 5.32. The van der Waals surface area contributed by atoms with Gasteiger partial charge in [-0.2, -0.15) is 0 Å². The lowest BCUT2D eigenvalue weighted by molar-refractivity contribution is -0.0365. The lowest BCUT2D eigenvalue weighted by atomic mass is 9.94. The standard InChI is InChI=1S/C16H24O4/c1-5-19-11-16(3,10-18-4)12-20-15(17)14-8-6-13(2)7-9-14/h6-9H,5,10-12H2,1-4H3. The maximum absolute atomic E-state index is 12.0. The molecule has 1 atom stereocenters. The molecule has 0 saturated heterocycles. The first-order chi connectivity index (χ1) is 9.50. The molecule has 112 valence electrons. The van der Waals surface area contributed by atoms with Crippen LogP contribution in [0.25, 0.3) is 0 Å². The van der Waals surface area contributed by atoms with Crippen molar-refractivity contribution in [3.05, 3.63) is 35.4 Å². The van der Waals surface area contributed by atoms with Gasteiger partial charge in [0.2, 0.25) is 0 Å². The van der Waals surface area contributed by atoms with Crippen LogP contribution in [-0.2, 0) is 14.2 Å². The summed E-state index contributed by atoms with van der Waals surface area (Å²) in [5.41, 5.74) is 1.35. The Morgan fingerprint density at radius 1 is 1.15 bits per heavy atom. The number of hydrogen-bond acceptors (Lipinski definition) is 4. The lowest BCUT2D eigenvalue weighted by Gasteiger charge is -2.27. The summed E-state index contributed by atoms with van der Waals surface area (Å²) in [7, 11) is 1.63. The van der Waals surface area contributed by atoms with Gasteiger partial charge in [0, 0.05) is 19.1 Å². The Hall–Kier alpha value is -1.39. The molecule has 1 aromatic rings. The third-order valence-electron chi connectivity index (χ3n) is 2.99. The molecule has 0 spiro atoms. The highest BCUT2D eigenvalue weighted by molar-refractivity contribution is 5.89. The predicted octanol–water partition coefficient (Wildman–Crippen LogP) is 2.84. The molecule has 0 aliphatic heterocycles. The van der Waals surface area contributed by atoms with Crippen LogP contribution in [0.3, 0.4) is 0 Å². The molecule has 0 bridgehead atoms. The van der Waals surface area contributed by atoms with Gasteiger partial charge >= 0.3 is 5.97 Å². The molecule has 4 nitrogen and oxygen atoms in total. The van der Waals surface area contributed by atoms with Crippen LogP contribution in [0.15, 0.2) is 24.3 Å². The smallest absolute Gasteiger partial charge is 0.338 e. The van der Waals surface area contributed by atoms with E-state index in [1.807, 2.05) is 32.9 Å². The third kappa shape index (κ3) is 5.31. The van der Waals surface area contributed by atoms with E-state index in [2.05, 4.69) is 0 Å². The van der Waals surface area contributed by atoms with Gasteiger partial charge in [0.05, 0.1) is 18.8 Å². The zero-order chi connectivity index (χ0) is 15.0. The van der Waals surface area contributed by atoms with Crippen LogP contribution in [0.5, 0.6) is 0 Å². The van der Waals surface area contributed by atoms with E-state index in [1.54, 1.807) is 19.2 Å². The van der Waals surface area contributed by atoms with E-state index >= 15 is 0 Å². The van der Waals surface area contributed by atoms with Gasteiger partial charge in [0.25, 0.3) is 0 Å². The maximum atomic E-state index is 12.0. The first-order valence-corrected chi connectivity index (χ1v) is 6.81. The highest BCUT2D eigenvalue weighted by atomic mass is 16.5. The number of esters is 1. The first kappa shape index (κ1) is 16.7. The highest BCUT2D eigenvalue weighted by Crippen LogP contribution is 2.19. The first-order valence-electron chi connectivity index (χ1n) is 6.81. The van der Waals surface area contributed by atoms with Gasteiger partial charge in [-0.25, -0.2) is 4.79 Å². The molecular formula is C16H24O4. The van der Waals surface area contributed by atoms with Gasteiger partial charge in [-0.3, -0.25) is 0 Å². The number of methoxy groups -OCH3 is 1. The van der Waals surface area contributed by atoms with Gasteiger partial charge in [-0.15, -0.1) is 0 Å². The number of ether oxygens (including phenoxy) is 3. The van der Waals surface area contributed by atoms with Crippen LogP contribution in [0.1, 0.15) is 29.8 Å². The monoisotopic (exact) mass is 280 g/mol. The summed E-state index contributed by atoms with van der Waals surface area (Å²) in [4.78, 5) is 12.0. The Morgan fingerprint density at radius 2 is 1.80 bits per heavy atom. The van der Waals surface area contributed by atoms with Crippen LogP contribution in [0.4, 0.5) is 0 Å². The van der Waals surface area contributed by atoms with Gasteiger partial charge in [0.1, 0.15) is 6.61 Å². The number of carbonyl (C=O) groups is 1. The Morgan fingerprint density at radius 3 is 2.35 bits per heavy atom. The fourth-order valence-corrected chi connectivity index (χ4v) is 1.83. The van der Waals surface area contributed by atoms with Crippen LogP contribution < -0.4 is 0 Å². The molecule has 1 unspecified atom stereocenters. The quantitative estimate of drug-likeness (QED) is 0.687. The molecule has 1 aromatic carbocycles. The van der Waals surface area contributed by atoms with Gasteiger partial charge in [-0.1, -0.05) is 24.6 Å². The van der Waals surface area contributed by atoms with Crippen molar-refractivity contribution in [2.24, 2.45) is 5.41 Å². The fraction of sp³-hybridized carbons (Fsp3) is 0.562. The van der Waals surface area contributed by atoms with Crippen molar-refractivity contribution in [1.29, 1.82) is 0 Å². The summed E-state index contributed by atoms with van der Waals surface area (Å²) in [6.45, 7) is 7.78. The molecular weight excluding hydrogens is 256 g/mol. The van der Waals surface area contributed by atoms with Crippen LogP contribution in [0, 0.1) is 12.3 Å². The number of hydrogen-bond donors (Lipinski definition) is 0. The number of rotatable bonds is 8. The average Bonchev–Trinajstić information content (AvgIpc) is 2.44. The summed E-state index contributed by atoms with van der Waals surface area (Å²) < 4.78 is 16.0. The topological polar surface area (TPSA) is 44.8 Å². The summed E-state index contributed by atoms with van der Waals surface area (Å²) in [5.74, 6) is -0.316. The summed E-state index contributed by atoms with van der Waals surface area (Å²) in [5, 5.41) is 0. The van der Waals surface area contributed by atoms with Crippen LogP contribution in [0.2, 0.25) is 0 Å². The second kappa shape index (κ2) is 8.02. The van der Waals surface area contributed by atoms with E-state index in [0.29, 0.717) is 25.4 Å². The summed E-state index contributed by atoms with van der Waals surface area (Å²) in [6.07, 6.45) is 0. The van der Waals surface area contributed by atoms with Gasteiger partial charge in [-0.05, 0) is 26.0 Å². The summed E-state index contributed by atoms with van der Waals surface area (Å²) >= 11 is 0. The van der Waals surface area contributed by atoms with Crippen molar-refractivity contribution >= 4 is 5.97 Å². The Kier molecular flexibility index (Phi) is 6.68. The molecule has 0 fully saturated rings. The van der Waals surface area contributed by atoms with E-state index in [0.717, 1.165) is 5.56 Å². The van der Waals surface area contributed by atoms with E-state index in [9.17, 15) is 4.79 Å². The number of carbonyl (C=O) groups excluding carboxylic acids is 1. The number of aryl methyl sites for hydroxylation is 1. The fourth-order valence-electron chi connectivity index (χ4n) is 1.83. The minimum absolute atomic E-state index is 0.271. The van der Waals surface area contributed by atoms with Crippen molar-refractivity contribution in [3.8, 4) is 0 Å². The Bertz CT molecular complexity index is 413. The molecule has 0 aromatic heterocycles. The minimum Gasteiger partial charge on any atom is -0.461 e. The molecule has 0 saturated carbocycles. The van der Waals surface area contributed by atoms with Gasteiger partial charge in [0.15, 0.2) is 0 Å². The van der Waals surface area contributed by atoms with E-state index < -0.39 is 0 Å². The molecule has 4 heteroatoms. The van der Waals surface area contributed by atoms with E-state index in [4.69, 9.17) is 14.2 Å². The minimum atomic E-state index is -0.328. The molecule has 20 heavy (non-hydrogen) atoms. The lowest BCUT2D eigenvalue weighted by Crippen LogP contribution is -2.34. The zero-order valence-electron chi connectivity index (χ0n) is 12.8.